The van der Waals surface area contributed by atoms with Gasteiger partial charge in [0, 0.05) is 10.6 Å². The van der Waals surface area contributed by atoms with Crippen molar-refractivity contribution in [2.75, 3.05) is 6.61 Å². The molecule has 2 aromatic carbocycles. The zero-order valence-electron chi connectivity index (χ0n) is 12.9. The molecule has 124 valence electrons. The van der Waals surface area contributed by atoms with Crippen molar-refractivity contribution in [1.82, 2.24) is 0 Å². The molecule has 0 saturated heterocycles. The molecule has 0 aromatic heterocycles. The average molecular weight is 347 g/mol. The summed E-state index contributed by atoms with van der Waals surface area (Å²) in [4.78, 5) is 24.5. The second-order valence-electron chi connectivity index (χ2n) is 5.31. The second kappa shape index (κ2) is 6.93. The molecule has 0 radical (unpaired) electrons. The molecule has 0 aliphatic carbocycles. The van der Waals surface area contributed by atoms with Crippen LogP contribution in [0.4, 0.5) is 0 Å². The highest BCUT2D eigenvalue weighted by Crippen LogP contribution is 2.31. The van der Waals surface area contributed by atoms with Crippen molar-refractivity contribution in [2.45, 2.75) is 19.1 Å². The number of benzene rings is 2. The van der Waals surface area contributed by atoms with Gasteiger partial charge in [-0.1, -0.05) is 23.7 Å². The summed E-state index contributed by atoms with van der Waals surface area (Å²) in [6, 6.07) is 13.4. The summed E-state index contributed by atoms with van der Waals surface area (Å²) in [5.74, 6) is 0.102. The number of fused-ring (bicyclic) bond motifs is 1. The van der Waals surface area contributed by atoms with Gasteiger partial charge in [0.2, 0.25) is 11.9 Å². The number of esters is 1. The summed E-state index contributed by atoms with van der Waals surface area (Å²) >= 11 is 5.80. The van der Waals surface area contributed by atoms with Crippen LogP contribution >= 0.6 is 11.6 Å². The molecule has 0 N–H and O–H groups in total. The van der Waals surface area contributed by atoms with E-state index >= 15 is 0 Å². The minimum absolute atomic E-state index is 0.0394. The third-order valence-corrected chi connectivity index (χ3v) is 3.81. The number of ether oxygens (including phenoxy) is 3. The number of carbonyl (C=O) groups excluding carboxylic acids is 2. The molecule has 5 nitrogen and oxygen atoms in total. The highest BCUT2D eigenvalue weighted by atomic mass is 35.5. The number of ketones is 1. The Labute approximate surface area is 144 Å². The molecule has 0 amide bonds. The van der Waals surface area contributed by atoms with Gasteiger partial charge in [0.15, 0.2) is 17.6 Å². The van der Waals surface area contributed by atoms with E-state index in [4.69, 9.17) is 25.8 Å². The quantitative estimate of drug-likeness (QED) is 0.628. The first kappa shape index (κ1) is 16.3. The predicted molar refractivity (Wildman–Crippen MR) is 87.7 cm³/mol. The maximum absolute atomic E-state index is 12.3. The fourth-order valence-electron chi connectivity index (χ4n) is 2.29. The SMILES string of the molecule is C[C@H](OC(=O)[C@@H]1COc2ccccc2O1)C(=O)c1ccc(Cl)cc1. The molecule has 0 spiro atoms. The van der Waals surface area contributed by atoms with Crippen LogP contribution in [0.1, 0.15) is 17.3 Å². The van der Waals surface area contributed by atoms with Crippen LogP contribution in [0.2, 0.25) is 5.02 Å². The van der Waals surface area contributed by atoms with Crippen molar-refractivity contribution in [2.24, 2.45) is 0 Å². The lowest BCUT2D eigenvalue weighted by Gasteiger charge is -2.25. The molecule has 24 heavy (non-hydrogen) atoms. The van der Waals surface area contributed by atoms with Gasteiger partial charge in [-0.2, -0.15) is 0 Å². The molecule has 0 unspecified atom stereocenters. The van der Waals surface area contributed by atoms with Crippen LogP contribution in [0.3, 0.4) is 0 Å². The Bertz CT molecular complexity index is 756. The van der Waals surface area contributed by atoms with Crippen LogP contribution < -0.4 is 9.47 Å². The van der Waals surface area contributed by atoms with E-state index in [0.717, 1.165) is 0 Å². The van der Waals surface area contributed by atoms with Gasteiger partial charge in [-0.05, 0) is 43.3 Å². The van der Waals surface area contributed by atoms with Gasteiger partial charge < -0.3 is 14.2 Å². The van der Waals surface area contributed by atoms with Gasteiger partial charge in [0.05, 0.1) is 0 Å². The molecule has 1 heterocycles. The molecule has 6 heteroatoms. The normalized spacial score (nSPS) is 17.0. The van der Waals surface area contributed by atoms with Crippen LogP contribution in [-0.2, 0) is 9.53 Å². The third kappa shape index (κ3) is 3.51. The topological polar surface area (TPSA) is 61.8 Å². The second-order valence-corrected chi connectivity index (χ2v) is 5.75. The summed E-state index contributed by atoms with van der Waals surface area (Å²) in [6.07, 6.45) is -1.83. The zero-order chi connectivity index (χ0) is 17.1. The standard InChI is InChI=1S/C18H15ClO5/c1-11(17(20)12-6-8-13(19)9-7-12)23-18(21)16-10-22-14-4-2-3-5-15(14)24-16/h2-9,11,16H,10H2,1H3/t11-,16-/m0/s1. The Kier molecular flexibility index (Phi) is 4.71. The number of rotatable bonds is 4. The number of carbonyl (C=O) groups is 2. The Morgan fingerprint density at radius 2 is 1.79 bits per heavy atom. The average Bonchev–Trinajstić information content (AvgIpc) is 2.61. The minimum Gasteiger partial charge on any atom is -0.485 e. The lowest BCUT2D eigenvalue weighted by molar-refractivity contribution is -0.157. The maximum Gasteiger partial charge on any atom is 0.351 e. The van der Waals surface area contributed by atoms with Crippen LogP contribution in [0.15, 0.2) is 48.5 Å². The molecule has 1 aliphatic heterocycles. The maximum atomic E-state index is 12.3. The van der Waals surface area contributed by atoms with Crippen molar-refractivity contribution in [3.05, 3.63) is 59.1 Å². The summed E-state index contributed by atoms with van der Waals surface area (Å²) in [6.45, 7) is 1.56. The molecular weight excluding hydrogens is 332 g/mol. The Hall–Kier alpha value is -2.53. The van der Waals surface area contributed by atoms with E-state index in [1.54, 1.807) is 42.5 Å². The summed E-state index contributed by atoms with van der Waals surface area (Å²) < 4.78 is 16.3. The van der Waals surface area contributed by atoms with Gasteiger partial charge in [-0.15, -0.1) is 0 Å². The third-order valence-electron chi connectivity index (χ3n) is 3.56. The first-order valence-electron chi connectivity index (χ1n) is 7.43. The number of halogens is 1. The van der Waals surface area contributed by atoms with Crippen molar-refractivity contribution in [3.8, 4) is 11.5 Å². The largest absolute Gasteiger partial charge is 0.485 e. The number of Topliss-reactive ketones (excluding diaryl/α,β-unsaturated/α-hetero) is 1. The Morgan fingerprint density at radius 3 is 2.50 bits per heavy atom. The smallest absolute Gasteiger partial charge is 0.351 e. The van der Waals surface area contributed by atoms with Crippen molar-refractivity contribution in [1.29, 1.82) is 0 Å². The zero-order valence-corrected chi connectivity index (χ0v) is 13.7. The first-order valence-corrected chi connectivity index (χ1v) is 7.81. The van der Waals surface area contributed by atoms with Gasteiger partial charge in [0.25, 0.3) is 0 Å². The summed E-state index contributed by atoms with van der Waals surface area (Å²) in [7, 11) is 0. The van der Waals surface area contributed by atoms with E-state index in [2.05, 4.69) is 0 Å². The fourth-order valence-corrected chi connectivity index (χ4v) is 2.41. The van der Waals surface area contributed by atoms with E-state index in [9.17, 15) is 9.59 Å². The predicted octanol–water partition coefficient (Wildman–Crippen LogP) is 3.29. The van der Waals surface area contributed by atoms with Crippen molar-refractivity contribution >= 4 is 23.4 Å². The molecular formula is C18H15ClO5. The van der Waals surface area contributed by atoms with Gasteiger partial charge >= 0.3 is 5.97 Å². The number of hydrogen-bond acceptors (Lipinski definition) is 5. The van der Waals surface area contributed by atoms with Crippen LogP contribution in [0.25, 0.3) is 0 Å². The minimum atomic E-state index is -0.931. The van der Waals surface area contributed by atoms with E-state index in [1.165, 1.54) is 6.92 Å². The van der Waals surface area contributed by atoms with Crippen molar-refractivity contribution < 1.29 is 23.8 Å². The highest BCUT2D eigenvalue weighted by molar-refractivity contribution is 6.30. The van der Waals surface area contributed by atoms with E-state index < -0.39 is 18.2 Å². The lowest BCUT2D eigenvalue weighted by atomic mass is 10.1. The molecule has 0 saturated carbocycles. The van der Waals surface area contributed by atoms with Gasteiger partial charge in [-0.25, -0.2) is 4.79 Å². The Balaban J connectivity index is 1.62. The van der Waals surface area contributed by atoms with Gasteiger partial charge in [-0.3, -0.25) is 4.79 Å². The molecule has 0 bridgehead atoms. The van der Waals surface area contributed by atoms with E-state index in [0.29, 0.717) is 22.1 Å². The lowest BCUT2D eigenvalue weighted by Crippen LogP contribution is -2.40. The number of hydrogen-bond donors (Lipinski definition) is 0. The van der Waals surface area contributed by atoms with E-state index in [1.807, 2.05) is 6.07 Å². The van der Waals surface area contributed by atoms with E-state index in [-0.39, 0.29) is 12.4 Å². The molecule has 2 aromatic rings. The molecule has 3 rings (SSSR count). The van der Waals surface area contributed by atoms with Crippen LogP contribution in [0, 0.1) is 0 Å². The molecule has 2 atom stereocenters. The fraction of sp³-hybridized carbons (Fsp3) is 0.222. The summed E-state index contributed by atoms with van der Waals surface area (Å²) in [5, 5.41) is 0.530. The molecule has 0 fully saturated rings. The number of para-hydroxylation sites is 2. The monoisotopic (exact) mass is 346 g/mol. The van der Waals surface area contributed by atoms with Gasteiger partial charge in [0.1, 0.15) is 6.61 Å². The first-order chi connectivity index (χ1) is 11.5. The van der Waals surface area contributed by atoms with Crippen LogP contribution in [-0.4, -0.2) is 30.6 Å². The highest BCUT2D eigenvalue weighted by Gasteiger charge is 2.31. The Morgan fingerprint density at radius 1 is 1.12 bits per heavy atom. The van der Waals surface area contributed by atoms with Crippen molar-refractivity contribution in [3.63, 3.8) is 0 Å². The summed E-state index contributed by atoms with van der Waals surface area (Å²) in [5.41, 5.74) is 0.422. The van der Waals surface area contributed by atoms with Crippen LogP contribution in [0.5, 0.6) is 11.5 Å². The molecule has 1 aliphatic rings.